The lowest BCUT2D eigenvalue weighted by molar-refractivity contribution is 0.651. The molecule has 0 amide bonds. The summed E-state index contributed by atoms with van der Waals surface area (Å²) in [6, 6.07) is 10.1. The molecule has 0 fully saturated rings. The number of hydrogen-bond donors (Lipinski definition) is 1. The van der Waals surface area contributed by atoms with Gasteiger partial charge in [-0.15, -0.1) is 5.10 Å². The average molecular weight is 239 g/mol. The van der Waals surface area contributed by atoms with Gasteiger partial charge < -0.3 is 5.73 Å². The predicted molar refractivity (Wildman–Crippen MR) is 68.8 cm³/mol. The van der Waals surface area contributed by atoms with Gasteiger partial charge in [-0.25, -0.2) is 4.68 Å². The highest BCUT2D eigenvalue weighted by Gasteiger charge is 2.04. The molecule has 2 aromatic heterocycles. The standard InChI is InChI=1S/C13H13N5/c14-7-12-9-18(17-16-12)8-11-4-1-3-10-5-2-6-15-13(10)11/h1-6,9H,7-8,14H2. The van der Waals surface area contributed by atoms with Crippen LogP contribution in [0.15, 0.2) is 42.7 Å². The molecule has 18 heavy (non-hydrogen) atoms. The Morgan fingerprint density at radius 2 is 2.06 bits per heavy atom. The summed E-state index contributed by atoms with van der Waals surface area (Å²) in [4.78, 5) is 4.42. The molecule has 0 atom stereocenters. The van der Waals surface area contributed by atoms with Crippen molar-refractivity contribution in [1.29, 1.82) is 0 Å². The number of aromatic nitrogens is 4. The van der Waals surface area contributed by atoms with E-state index in [0.717, 1.165) is 22.2 Å². The summed E-state index contributed by atoms with van der Waals surface area (Å²) in [5.74, 6) is 0. The van der Waals surface area contributed by atoms with Crippen molar-refractivity contribution in [2.45, 2.75) is 13.1 Å². The fraction of sp³-hybridized carbons (Fsp3) is 0.154. The van der Waals surface area contributed by atoms with Crippen LogP contribution in [0.25, 0.3) is 10.9 Å². The van der Waals surface area contributed by atoms with E-state index in [-0.39, 0.29) is 0 Å². The largest absolute Gasteiger partial charge is 0.325 e. The van der Waals surface area contributed by atoms with Gasteiger partial charge in [0.1, 0.15) is 0 Å². The summed E-state index contributed by atoms with van der Waals surface area (Å²) in [6.45, 7) is 1.06. The van der Waals surface area contributed by atoms with Gasteiger partial charge in [-0.1, -0.05) is 29.5 Å². The Kier molecular flexibility index (Phi) is 2.74. The van der Waals surface area contributed by atoms with Crippen LogP contribution in [0.1, 0.15) is 11.3 Å². The summed E-state index contributed by atoms with van der Waals surface area (Å²) in [5, 5.41) is 9.16. The molecule has 0 unspecified atom stereocenters. The van der Waals surface area contributed by atoms with Crippen LogP contribution in [0.3, 0.4) is 0 Å². The Bertz CT molecular complexity index is 668. The first-order valence-corrected chi connectivity index (χ1v) is 5.78. The second-order valence-corrected chi connectivity index (χ2v) is 4.10. The third-order valence-corrected chi connectivity index (χ3v) is 2.84. The van der Waals surface area contributed by atoms with E-state index in [1.807, 2.05) is 18.3 Å². The van der Waals surface area contributed by atoms with Crippen molar-refractivity contribution in [2.24, 2.45) is 5.73 Å². The van der Waals surface area contributed by atoms with Crippen molar-refractivity contribution in [3.8, 4) is 0 Å². The number of pyridine rings is 1. The lowest BCUT2D eigenvalue weighted by Gasteiger charge is -2.04. The third-order valence-electron chi connectivity index (χ3n) is 2.84. The first-order chi connectivity index (χ1) is 8.86. The number of para-hydroxylation sites is 1. The number of nitrogens with zero attached hydrogens (tertiary/aromatic N) is 4. The first-order valence-electron chi connectivity index (χ1n) is 5.78. The molecule has 0 spiro atoms. The van der Waals surface area contributed by atoms with Crippen LogP contribution < -0.4 is 5.73 Å². The van der Waals surface area contributed by atoms with E-state index in [1.165, 1.54) is 0 Å². The molecule has 1 aromatic carbocycles. The fourth-order valence-electron chi connectivity index (χ4n) is 1.98. The SMILES string of the molecule is NCc1cn(Cc2cccc3cccnc23)nn1. The first kappa shape index (κ1) is 10.9. The van der Waals surface area contributed by atoms with E-state index in [4.69, 9.17) is 5.73 Å². The summed E-state index contributed by atoms with van der Waals surface area (Å²) in [5.41, 5.74) is 8.44. The molecule has 90 valence electrons. The van der Waals surface area contributed by atoms with Crippen molar-refractivity contribution in [1.82, 2.24) is 20.0 Å². The minimum atomic E-state index is 0.411. The van der Waals surface area contributed by atoms with E-state index in [1.54, 1.807) is 10.9 Å². The molecule has 0 aliphatic carbocycles. The molecule has 2 N–H and O–H groups in total. The van der Waals surface area contributed by atoms with Gasteiger partial charge in [0.25, 0.3) is 0 Å². The minimum absolute atomic E-state index is 0.411. The number of hydrogen-bond acceptors (Lipinski definition) is 4. The summed E-state index contributed by atoms with van der Waals surface area (Å²) < 4.78 is 1.78. The lowest BCUT2D eigenvalue weighted by Crippen LogP contribution is -2.01. The van der Waals surface area contributed by atoms with Crippen LogP contribution in [-0.4, -0.2) is 20.0 Å². The Balaban J connectivity index is 1.99. The number of nitrogens with two attached hydrogens (primary N) is 1. The number of fused-ring (bicyclic) bond motifs is 1. The molecule has 0 bridgehead atoms. The summed E-state index contributed by atoms with van der Waals surface area (Å²) >= 11 is 0. The molecule has 0 saturated carbocycles. The third kappa shape index (κ3) is 1.96. The Morgan fingerprint density at radius 1 is 1.17 bits per heavy atom. The Morgan fingerprint density at radius 3 is 2.89 bits per heavy atom. The quantitative estimate of drug-likeness (QED) is 0.748. The molecule has 3 rings (SSSR count). The van der Waals surface area contributed by atoms with E-state index >= 15 is 0 Å². The highest BCUT2D eigenvalue weighted by atomic mass is 15.4. The second-order valence-electron chi connectivity index (χ2n) is 4.10. The molecule has 5 heteroatoms. The normalized spacial score (nSPS) is 10.9. The van der Waals surface area contributed by atoms with Gasteiger partial charge >= 0.3 is 0 Å². The van der Waals surface area contributed by atoms with Gasteiger partial charge in [0.15, 0.2) is 0 Å². The van der Waals surface area contributed by atoms with Gasteiger partial charge in [-0.05, 0) is 11.6 Å². The smallest absolute Gasteiger partial charge is 0.0962 e. The van der Waals surface area contributed by atoms with Crippen molar-refractivity contribution in [3.63, 3.8) is 0 Å². The summed E-state index contributed by atoms with van der Waals surface area (Å²) in [6.07, 6.45) is 3.67. The zero-order valence-corrected chi connectivity index (χ0v) is 9.82. The van der Waals surface area contributed by atoms with Crippen molar-refractivity contribution >= 4 is 10.9 Å². The van der Waals surface area contributed by atoms with Crippen molar-refractivity contribution < 1.29 is 0 Å². The molecule has 0 aliphatic heterocycles. The zero-order chi connectivity index (χ0) is 12.4. The van der Waals surface area contributed by atoms with Gasteiger partial charge in [-0.3, -0.25) is 4.98 Å². The molecule has 2 heterocycles. The van der Waals surface area contributed by atoms with Crippen LogP contribution in [0.4, 0.5) is 0 Å². The summed E-state index contributed by atoms with van der Waals surface area (Å²) in [7, 11) is 0. The van der Waals surface area contributed by atoms with Gasteiger partial charge in [0, 0.05) is 18.1 Å². The van der Waals surface area contributed by atoms with Crippen LogP contribution >= 0.6 is 0 Å². The van der Waals surface area contributed by atoms with Gasteiger partial charge in [0.05, 0.1) is 24.0 Å². The van der Waals surface area contributed by atoms with E-state index in [2.05, 4.69) is 33.5 Å². The van der Waals surface area contributed by atoms with Crippen LogP contribution in [0.2, 0.25) is 0 Å². The van der Waals surface area contributed by atoms with Gasteiger partial charge in [0.2, 0.25) is 0 Å². The maximum absolute atomic E-state index is 5.52. The highest BCUT2D eigenvalue weighted by Crippen LogP contribution is 2.16. The van der Waals surface area contributed by atoms with Crippen LogP contribution in [0, 0.1) is 0 Å². The monoisotopic (exact) mass is 239 g/mol. The minimum Gasteiger partial charge on any atom is -0.325 e. The Hall–Kier alpha value is -2.27. The van der Waals surface area contributed by atoms with Crippen LogP contribution in [-0.2, 0) is 13.1 Å². The molecule has 0 radical (unpaired) electrons. The van der Waals surface area contributed by atoms with E-state index in [0.29, 0.717) is 13.1 Å². The molecule has 0 saturated heterocycles. The average Bonchev–Trinajstić information content (AvgIpc) is 2.87. The molecule has 5 nitrogen and oxygen atoms in total. The maximum Gasteiger partial charge on any atom is 0.0962 e. The highest BCUT2D eigenvalue weighted by molar-refractivity contribution is 5.81. The van der Waals surface area contributed by atoms with Crippen molar-refractivity contribution in [2.75, 3.05) is 0 Å². The molecular weight excluding hydrogens is 226 g/mol. The topological polar surface area (TPSA) is 69.6 Å². The fourth-order valence-corrected chi connectivity index (χ4v) is 1.98. The van der Waals surface area contributed by atoms with E-state index in [9.17, 15) is 0 Å². The van der Waals surface area contributed by atoms with E-state index < -0.39 is 0 Å². The zero-order valence-electron chi connectivity index (χ0n) is 9.82. The van der Waals surface area contributed by atoms with Crippen LogP contribution in [0.5, 0.6) is 0 Å². The number of benzene rings is 1. The number of rotatable bonds is 3. The van der Waals surface area contributed by atoms with Crippen molar-refractivity contribution in [3.05, 3.63) is 54.0 Å². The second kappa shape index (κ2) is 4.54. The lowest BCUT2D eigenvalue weighted by atomic mass is 10.1. The molecule has 0 aliphatic rings. The van der Waals surface area contributed by atoms with Gasteiger partial charge in [-0.2, -0.15) is 0 Å². The maximum atomic E-state index is 5.52. The predicted octanol–water partition coefficient (Wildman–Crippen LogP) is 1.33. The molecule has 3 aromatic rings. The Labute approximate surface area is 104 Å². The molecular formula is C13H13N5.